The van der Waals surface area contributed by atoms with Gasteiger partial charge in [-0.25, -0.2) is 5.43 Å². The predicted octanol–water partition coefficient (Wildman–Crippen LogP) is 4.22. The molecular formula is C23H20Cl2N4O4. The number of carbonyl (C=O) groups is 3. The Hall–Kier alpha value is -3.62. The summed E-state index contributed by atoms with van der Waals surface area (Å²) < 4.78 is 5.50. The van der Waals surface area contributed by atoms with E-state index in [1.165, 1.54) is 18.3 Å². The summed E-state index contributed by atoms with van der Waals surface area (Å²) >= 11 is 11.8. The molecule has 0 unspecified atom stereocenters. The lowest BCUT2D eigenvalue weighted by Crippen LogP contribution is -2.34. The summed E-state index contributed by atoms with van der Waals surface area (Å²) in [6, 6.07) is 13.1. The van der Waals surface area contributed by atoms with Crippen LogP contribution in [-0.2, 0) is 16.1 Å². The second-order valence-electron chi connectivity index (χ2n) is 7.06. The number of rotatable bonds is 6. The summed E-state index contributed by atoms with van der Waals surface area (Å²) in [5.41, 5.74) is 5.19. The van der Waals surface area contributed by atoms with Gasteiger partial charge < -0.3 is 15.1 Å². The second-order valence-corrected chi connectivity index (χ2v) is 7.91. The van der Waals surface area contributed by atoms with Gasteiger partial charge in [-0.2, -0.15) is 5.10 Å². The molecule has 3 aromatic rings. The Bertz CT molecular complexity index is 1240. The zero-order valence-electron chi connectivity index (χ0n) is 17.7. The normalized spacial score (nSPS) is 10.8. The SMILES string of the molecule is Cc1ccc(NC(=O)C(=O)NCc2ccc(/C=N\NC(=O)c3ccc(Cl)cc3Cl)o2)cc1C. The molecule has 8 nitrogen and oxygen atoms in total. The molecule has 0 aliphatic heterocycles. The van der Waals surface area contributed by atoms with Crippen LogP contribution < -0.4 is 16.1 Å². The van der Waals surface area contributed by atoms with Crippen LogP contribution in [-0.4, -0.2) is 23.9 Å². The molecule has 3 N–H and O–H groups in total. The van der Waals surface area contributed by atoms with Gasteiger partial charge in [0.25, 0.3) is 5.91 Å². The molecule has 33 heavy (non-hydrogen) atoms. The molecule has 0 spiro atoms. The highest BCUT2D eigenvalue weighted by atomic mass is 35.5. The Morgan fingerprint density at radius 3 is 2.48 bits per heavy atom. The van der Waals surface area contributed by atoms with Crippen LogP contribution in [0.1, 0.15) is 33.0 Å². The third-order valence-corrected chi connectivity index (χ3v) is 5.16. The van der Waals surface area contributed by atoms with Gasteiger partial charge in [0.2, 0.25) is 0 Å². The maximum absolute atomic E-state index is 12.1. The average Bonchev–Trinajstić information content (AvgIpc) is 3.22. The van der Waals surface area contributed by atoms with Crippen molar-refractivity contribution in [2.75, 3.05) is 5.32 Å². The minimum absolute atomic E-state index is 0.000237. The first-order valence-corrected chi connectivity index (χ1v) is 10.5. The maximum Gasteiger partial charge on any atom is 0.313 e. The number of nitrogens with zero attached hydrogens (tertiary/aromatic N) is 1. The predicted molar refractivity (Wildman–Crippen MR) is 127 cm³/mol. The Labute approximate surface area is 200 Å². The molecule has 3 amide bonds. The van der Waals surface area contributed by atoms with Gasteiger partial charge in [-0.05, 0) is 67.4 Å². The van der Waals surface area contributed by atoms with Gasteiger partial charge >= 0.3 is 11.8 Å². The van der Waals surface area contributed by atoms with E-state index in [0.29, 0.717) is 22.2 Å². The summed E-state index contributed by atoms with van der Waals surface area (Å²) in [4.78, 5) is 36.2. The highest BCUT2D eigenvalue weighted by Crippen LogP contribution is 2.20. The summed E-state index contributed by atoms with van der Waals surface area (Å²) in [6.07, 6.45) is 1.29. The summed E-state index contributed by atoms with van der Waals surface area (Å²) in [6.45, 7) is 3.88. The number of hydrogen-bond donors (Lipinski definition) is 3. The summed E-state index contributed by atoms with van der Waals surface area (Å²) in [5, 5.41) is 9.46. The highest BCUT2D eigenvalue weighted by molar-refractivity contribution is 6.39. The zero-order valence-corrected chi connectivity index (χ0v) is 19.3. The Morgan fingerprint density at radius 1 is 0.970 bits per heavy atom. The number of hydrazone groups is 1. The number of anilines is 1. The van der Waals surface area contributed by atoms with E-state index in [4.69, 9.17) is 27.6 Å². The second kappa shape index (κ2) is 10.8. The van der Waals surface area contributed by atoms with Crippen LogP contribution in [0.2, 0.25) is 10.0 Å². The number of amides is 3. The van der Waals surface area contributed by atoms with Crippen LogP contribution in [0.3, 0.4) is 0 Å². The van der Waals surface area contributed by atoms with Crippen molar-refractivity contribution in [3.8, 4) is 0 Å². The van der Waals surface area contributed by atoms with Gasteiger partial charge in [0.15, 0.2) is 0 Å². The fourth-order valence-electron chi connectivity index (χ4n) is 2.70. The van der Waals surface area contributed by atoms with Gasteiger partial charge in [-0.1, -0.05) is 29.3 Å². The van der Waals surface area contributed by atoms with E-state index in [-0.39, 0.29) is 17.1 Å². The number of halogens is 2. The van der Waals surface area contributed by atoms with Crippen LogP contribution >= 0.6 is 23.2 Å². The molecule has 0 bridgehead atoms. The Morgan fingerprint density at radius 2 is 1.76 bits per heavy atom. The smallest absolute Gasteiger partial charge is 0.313 e. The van der Waals surface area contributed by atoms with Gasteiger partial charge in [0, 0.05) is 10.7 Å². The molecule has 0 saturated carbocycles. The van der Waals surface area contributed by atoms with Gasteiger partial charge in [-0.15, -0.1) is 0 Å². The van der Waals surface area contributed by atoms with E-state index in [9.17, 15) is 14.4 Å². The molecule has 0 aliphatic carbocycles. The number of furan rings is 1. The van der Waals surface area contributed by atoms with E-state index in [1.807, 2.05) is 19.9 Å². The summed E-state index contributed by atoms with van der Waals surface area (Å²) in [5.74, 6) is -1.36. The number of benzene rings is 2. The quantitative estimate of drug-likeness (QED) is 0.275. The molecule has 0 saturated heterocycles. The molecule has 0 fully saturated rings. The van der Waals surface area contributed by atoms with E-state index in [1.54, 1.807) is 30.3 Å². The number of hydrogen-bond acceptors (Lipinski definition) is 5. The van der Waals surface area contributed by atoms with Gasteiger partial charge in [0.05, 0.1) is 23.3 Å². The first kappa shape index (κ1) is 24.0. The minimum Gasteiger partial charge on any atom is -0.458 e. The highest BCUT2D eigenvalue weighted by Gasteiger charge is 2.14. The average molecular weight is 487 g/mol. The molecule has 1 heterocycles. The Balaban J connectivity index is 1.48. The lowest BCUT2D eigenvalue weighted by Gasteiger charge is -2.07. The van der Waals surface area contributed by atoms with Crippen molar-refractivity contribution in [1.29, 1.82) is 0 Å². The van der Waals surface area contributed by atoms with Gasteiger partial charge in [0.1, 0.15) is 11.5 Å². The van der Waals surface area contributed by atoms with Crippen LogP contribution in [0.4, 0.5) is 5.69 Å². The van der Waals surface area contributed by atoms with Crippen LogP contribution in [0, 0.1) is 13.8 Å². The topological polar surface area (TPSA) is 113 Å². The van der Waals surface area contributed by atoms with Crippen LogP contribution in [0.25, 0.3) is 0 Å². The first-order chi connectivity index (χ1) is 15.7. The van der Waals surface area contributed by atoms with Crippen molar-refractivity contribution in [2.24, 2.45) is 5.10 Å². The number of nitrogens with one attached hydrogen (secondary N) is 3. The van der Waals surface area contributed by atoms with Crippen molar-refractivity contribution in [3.63, 3.8) is 0 Å². The molecule has 1 aromatic heterocycles. The van der Waals surface area contributed by atoms with Crippen molar-refractivity contribution < 1.29 is 18.8 Å². The molecule has 0 atom stereocenters. The lowest BCUT2D eigenvalue weighted by atomic mass is 10.1. The van der Waals surface area contributed by atoms with Crippen molar-refractivity contribution >= 4 is 52.8 Å². The molecule has 170 valence electrons. The molecule has 10 heteroatoms. The fraction of sp³-hybridized carbons (Fsp3) is 0.130. The molecule has 0 radical (unpaired) electrons. The summed E-state index contributed by atoms with van der Waals surface area (Å²) in [7, 11) is 0. The monoisotopic (exact) mass is 486 g/mol. The standard InChI is InChI=1S/C23H20Cl2N4O4/c1-13-3-5-16(9-14(13)2)28-23(32)22(31)26-11-17-6-7-18(33-17)12-27-29-21(30)19-8-4-15(24)10-20(19)25/h3-10,12H,11H2,1-2H3,(H,26,31)(H,28,32)(H,29,30)/b27-12-. The molecular weight excluding hydrogens is 467 g/mol. The van der Waals surface area contributed by atoms with Crippen LogP contribution in [0.15, 0.2) is 58.0 Å². The van der Waals surface area contributed by atoms with E-state index >= 15 is 0 Å². The van der Waals surface area contributed by atoms with Crippen LogP contribution in [0.5, 0.6) is 0 Å². The van der Waals surface area contributed by atoms with E-state index < -0.39 is 17.7 Å². The number of carbonyl (C=O) groups excluding carboxylic acids is 3. The van der Waals surface area contributed by atoms with E-state index in [2.05, 4.69) is 21.2 Å². The van der Waals surface area contributed by atoms with Crippen molar-refractivity contribution in [2.45, 2.75) is 20.4 Å². The van der Waals surface area contributed by atoms with Crippen molar-refractivity contribution in [3.05, 3.63) is 86.8 Å². The van der Waals surface area contributed by atoms with Gasteiger partial charge in [-0.3, -0.25) is 14.4 Å². The third-order valence-electron chi connectivity index (χ3n) is 4.61. The van der Waals surface area contributed by atoms with E-state index in [0.717, 1.165) is 11.1 Å². The fourth-order valence-corrected chi connectivity index (χ4v) is 3.20. The Kier molecular flexibility index (Phi) is 7.87. The largest absolute Gasteiger partial charge is 0.458 e. The number of aryl methyl sites for hydroxylation is 2. The molecule has 0 aliphatic rings. The van der Waals surface area contributed by atoms with Crippen molar-refractivity contribution in [1.82, 2.24) is 10.7 Å². The molecule has 3 rings (SSSR count). The molecule has 2 aromatic carbocycles. The lowest BCUT2D eigenvalue weighted by molar-refractivity contribution is -0.136. The maximum atomic E-state index is 12.1. The zero-order chi connectivity index (χ0) is 24.0. The third kappa shape index (κ3) is 6.68. The minimum atomic E-state index is -0.799. The first-order valence-electron chi connectivity index (χ1n) is 9.76.